The first-order valence-electron chi connectivity index (χ1n) is 8.65. The molecule has 0 spiro atoms. The minimum absolute atomic E-state index is 0.155. The second-order valence-electron chi connectivity index (χ2n) is 6.26. The maximum absolute atomic E-state index is 12.8. The fourth-order valence-corrected chi connectivity index (χ4v) is 2.96. The average Bonchev–Trinajstić information content (AvgIpc) is 3.15. The molecule has 1 atom stereocenters. The van der Waals surface area contributed by atoms with Crippen molar-refractivity contribution in [3.63, 3.8) is 0 Å². The van der Waals surface area contributed by atoms with E-state index in [1.54, 1.807) is 7.11 Å². The van der Waals surface area contributed by atoms with E-state index in [1.807, 2.05) is 43.3 Å². The van der Waals surface area contributed by atoms with Gasteiger partial charge in [0.25, 0.3) is 0 Å². The van der Waals surface area contributed by atoms with Gasteiger partial charge in [0.2, 0.25) is 5.91 Å². The molecule has 7 heteroatoms. The van der Waals surface area contributed by atoms with Gasteiger partial charge in [0.05, 0.1) is 13.0 Å². The number of methoxy groups -OCH3 is 1. The van der Waals surface area contributed by atoms with Crippen LogP contribution in [-0.4, -0.2) is 29.1 Å². The number of hydrogen-bond acceptors (Lipinski definition) is 3. The van der Waals surface area contributed by atoms with Crippen LogP contribution >= 0.6 is 0 Å². The molecule has 0 aliphatic carbocycles. The molecular formula is C20H21F2N3O2. The number of imidazole rings is 1. The summed E-state index contributed by atoms with van der Waals surface area (Å²) in [5, 5.41) is 4.85. The second-order valence-corrected chi connectivity index (χ2v) is 6.26. The van der Waals surface area contributed by atoms with Gasteiger partial charge in [-0.1, -0.05) is 24.3 Å². The second kappa shape index (κ2) is 8.16. The van der Waals surface area contributed by atoms with Crippen LogP contribution in [0.15, 0.2) is 48.8 Å². The molecule has 0 saturated heterocycles. The van der Waals surface area contributed by atoms with Gasteiger partial charge >= 0.3 is 6.55 Å². The molecular weight excluding hydrogens is 352 g/mol. The number of carbonyl (C=O) groups excluding carboxylic acids is 1. The highest BCUT2D eigenvalue weighted by molar-refractivity contribution is 5.88. The number of amides is 1. The Balaban J connectivity index is 1.63. The molecule has 3 rings (SSSR count). The van der Waals surface area contributed by atoms with Gasteiger partial charge in [-0.2, -0.15) is 8.78 Å². The zero-order valence-corrected chi connectivity index (χ0v) is 15.2. The molecule has 1 heterocycles. The fraction of sp³-hybridized carbons (Fsp3) is 0.300. The van der Waals surface area contributed by atoms with E-state index in [0.717, 1.165) is 26.7 Å². The number of ether oxygens (including phenoxy) is 1. The molecule has 0 unspecified atom stereocenters. The van der Waals surface area contributed by atoms with Crippen LogP contribution in [0.2, 0.25) is 0 Å². The summed E-state index contributed by atoms with van der Waals surface area (Å²) in [6, 6.07) is 11.6. The third-order valence-corrected chi connectivity index (χ3v) is 4.57. The number of nitrogens with one attached hydrogen (secondary N) is 1. The highest BCUT2D eigenvalue weighted by atomic mass is 19.3. The monoisotopic (exact) mass is 373 g/mol. The van der Waals surface area contributed by atoms with Gasteiger partial charge < -0.3 is 10.1 Å². The van der Waals surface area contributed by atoms with E-state index in [4.69, 9.17) is 4.74 Å². The summed E-state index contributed by atoms with van der Waals surface area (Å²) in [6.07, 6.45) is 2.80. The zero-order chi connectivity index (χ0) is 19.4. The number of fused-ring (bicyclic) bond motifs is 1. The fourth-order valence-electron chi connectivity index (χ4n) is 2.96. The Hall–Kier alpha value is -2.96. The maximum atomic E-state index is 12.8. The number of halogens is 2. The number of nitrogens with zero attached hydrogens (tertiary/aromatic N) is 2. The van der Waals surface area contributed by atoms with E-state index < -0.39 is 6.55 Å². The van der Waals surface area contributed by atoms with Crippen LogP contribution in [0.5, 0.6) is 5.75 Å². The number of carbonyl (C=O) groups is 1. The number of rotatable bonds is 7. The number of aromatic nitrogens is 2. The van der Waals surface area contributed by atoms with Gasteiger partial charge in [-0.15, -0.1) is 0 Å². The lowest BCUT2D eigenvalue weighted by Gasteiger charge is -2.14. The molecule has 0 radical (unpaired) electrons. The van der Waals surface area contributed by atoms with Crippen molar-refractivity contribution < 1.29 is 18.3 Å². The van der Waals surface area contributed by atoms with Crippen molar-refractivity contribution in [2.24, 2.45) is 0 Å². The molecule has 3 aromatic rings. The Bertz CT molecular complexity index is 940. The van der Waals surface area contributed by atoms with Gasteiger partial charge in [-0.25, -0.2) is 4.98 Å². The smallest absolute Gasteiger partial charge is 0.319 e. The topological polar surface area (TPSA) is 56.1 Å². The summed E-state index contributed by atoms with van der Waals surface area (Å²) in [5.74, 6) is 0.519. The van der Waals surface area contributed by atoms with Gasteiger partial charge in [0.1, 0.15) is 11.6 Å². The number of alkyl halides is 2. The SMILES string of the molecule is COc1ccc2cc([C@H](C)C(=O)NCCc3nccn3C(F)F)ccc2c1. The first-order valence-corrected chi connectivity index (χ1v) is 8.65. The highest BCUT2D eigenvalue weighted by Gasteiger charge is 2.16. The highest BCUT2D eigenvalue weighted by Crippen LogP contribution is 2.25. The Labute approximate surface area is 156 Å². The summed E-state index contributed by atoms with van der Waals surface area (Å²) in [6.45, 7) is -0.564. The molecule has 5 nitrogen and oxygen atoms in total. The molecule has 2 aromatic carbocycles. The average molecular weight is 373 g/mol. The summed E-state index contributed by atoms with van der Waals surface area (Å²) in [4.78, 5) is 16.3. The van der Waals surface area contributed by atoms with Crippen LogP contribution in [0, 0.1) is 0 Å². The normalized spacial score (nSPS) is 12.3. The molecule has 0 aliphatic rings. The van der Waals surface area contributed by atoms with Gasteiger partial charge in [-0.05, 0) is 35.4 Å². The van der Waals surface area contributed by atoms with Gasteiger partial charge in [0, 0.05) is 25.4 Å². The quantitative estimate of drug-likeness (QED) is 0.683. The van der Waals surface area contributed by atoms with Crippen molar-refractivity contribution in [1.82, 2.24) is 14.9 Å². The summed E-state index contributed by atoms with van der Waals surface area (Å²) < 4.78 is 31.6. The first kappa shape index (κ1) is 18.8. The van der Waals surface area contributed by atoms with Crippen LogP contribution in [0.4, 0.5) is 8.78 Å². The summed E-state index contributed by atoms with van der Waals surface area (Å²) >= 11 is 0. The standard InChI is InChI=1S/C20H21F2N3O2/c1-13(14-3-4-16-12-17(27-2)6-5-15(16)11-14)19(26)24-8-7-18-23-9-10-25(18)20(21)22/h3-6,9-13,20H,7-8H2,1-2H3,(H,24,26)/t13-/m0/s1. The molecule has 0 aliphatic heterocycles. The molecule has 0 saturated carbocycles. The van der Waals surface area contributed by atoms with E-state index in [9.17, 15) is 13.6 Å². The van der Waals surface area contributed by atoms with E-state index in [2.05, 4.69) is 10.3 Å². The summed E-state index contributed by atoms with van der Waals surface area (Å²) in [5.41, 5.74) is 0.888. The Morgan fingerprint density at radius 1 is 1.22 bits per heavy atom. The van der Waals surface area contributed by atoms with Gasteiger partial charge in [0.15, 0.2) is 0 Å². The van der Waals surface area contributed by atoms with Crippen molar-refractivity contribution in [3.8, 4) is 5.75 Å². The van der Waals surface area contributed by atoms with Crippen LogP contribution in [0.3, 0.4) is 0 Å². The molecule has 142 valence electrons. The lowest BCUT2D eigenvalue weighted by atomic mass is 9.97. The van der Waals surface area contributed by atoms with Gasteiger partial charge in [-0.3, -0.25) is 9.36 Å². The maximum Gasteiger partial charge on any atom is 0.319 e. The van der Waals surface area contributed by atoms with Crippen LogP contribution in [0.25, 0.3) is 10.8 Å². The molecule has 1 N–H and O–H groups in total. The Kier molecular flexibility index (Phi) is 5.69. The van der Waals surface area contributed by atoms with E-state index in [-0.39, 0.29) is 30.6 Å². The minimum atomic E-state index is -2.63. The molecule has 0 fully saturated rings. The molecule has 1 amide bonds. The summed E-state index contributed by atoms with van der Waals surface area (Å²) in [7, 11) is 1.62. The van der Waals surface area contributed by atoms with Crippen molar-refractivity contribution >= 4 is 16.7 Å². The van der Waals surface area contributed by atoms with E-state index in [1.165, 1.54) is 12.4 Å². The molecule has 0 bridgehead atoms. The van der Waals surface area contributed by atoms with Crippen molar-refractivity contribution in [2.75, 3.05) is 13.7 Å². The zero-order valence-electron chi connectivity index (χ0n) is 15.2. The van der Waals surface area contributed by atoms with Crippen molar-refractivity contribution in [2.45, 2.75) is 25.8 Å². The van der Waals surface area contributed by atoms with Crippen LogP contribution < -0.4 is 10.1 Å². The molecule has 1 aromatic heterocycles. The first-order chi connectivity index (χ1) is 13.0. The predicted molar refractivity (Wildman–Crippen MR) is 99.1 cm³/mol. The van der Waals surface area contributed by atoms with Crippen LogP contribution in [-0.2, 0) is 11.2 Å². The molecule has 27 heavy (non-hydrogen) atoms. The Morgan fingerprint density at radius 3 is 2.70 bits per heavy atom. The number of benzene rings is 2. The van der Waals surface area contributed by atoms with Crippen molar-refractivity contribution in [3.05, 3.63) is 60.2 Å². The Morgan fingerprint density at radius 2 is 1.96 bits per heavy atom. The largest absolute Gasteiger partial charge is 0.497 e. The lowest BCUT2D eigenvalue weighted by Crippen LogP contribution is -2.30. The third kappa shape index (κ3) is 4.24. The third-order valence-electron chi connectivity index (χ3n) is 4.57. The lowest BCUT2D eigenvalue weighted by molar-refractivity contribution is -0.122. The number of hydrogen-bond donors (Lipinski definition) is 1. The minimum Gasteiger partial charge on any atom is -0.497 e. The van der Waals surface area contributed by atoms with Crippen molar-refractivity contribution in [1.29, 1.82) is 0 Å². The van der Waals surface area contributed by atoms with E-state index >= 15 is 0 Å². The van der Waals surface area contributed by atoms with E-state index in [0.29, 0.717) is 0 Å². The van der Waals surface area contributed by atoms with Crippen LogP contribution in [0.1, 0.15) is 30.8 Å². The predicted octanol–water partition coefficient (Wildman–Crippen LogP) is 3.90.